The molecule has 0 N–H and O–H groups in total. The van der Waals surface area contributed by atoms with Gasteiger partial charge in [0.1, 0.15) is 5.60 Å². The molecule has 2 nitrogen and oxygen atoms in total. The van der Waals surface area contributed by atoms with Crippen LogP contribution in [0.2, 0.25) is 0 Å². The van der Waals surface area contributed by atoms with Gasteiger partial charge in [-0.1, -0.05) is 25.3 Å². The van der Waals surface area contributed by atoms with E-state index in [9.17, 15) is 0 Å². The summed E-state index contributed by atoms with van der Waals surface area (Å²) >= 11 is 0. The molecule has 0 aliphatic carbocycles. The van der Waals surface area contributed by atoms with Gasteiger partial charge in [0.05, 0.1) is 6.54 Å². The van der Waals surface area contributed by atoms with E-state index in [1.165, 1.54) is 0 Å². The average molecular weight is 151 g/mol. The van der Waals surface area contributed by atoms with Gasteiger partial charge >= 0.3 is 0 Å². The molecular weight excluding hydrogens is 138 g/mol. The predicted molar refractivity (Wildman–Crippen MR) is 45.7 cm³/mol. The molecule has 0 bridgehead atoms. The van der Waals surface area contributed by atoms with Gasteiger partial charge in [0.25, 0.3) is 0 Å². The van der Waals surface area contributed by atoms with Crippen molar-refractivity contribution in [3.63, 3.8) is 0 Å². The Labute approximate surface area is 67.4 Å². The van der Waals surface area contributed by atoms with E-state index in [4.69, 9.17) is 4.84 Å². The van der Waals surface area contributed by atoms with E-state index in [0.717, 1.165) is 6.54 Å². The lowest BCUT2D eigenvalue weighted by Gasteiger charge is -2.32. The standard InChI is InChI=1S/C9H13NO/c1-4-9(3)7-6-8-10(5-2)11-9/h4-7H,1-2,8H2,3H3. The van der Waals surface area contributed by atoms with Crippen LogP contribution in [-0.2, 0) is 4.84 Å². The minimum absolute atomic E-state index is 0.369. The Balaban J connectivity index is 2.72. The molecule has 0 aromatic heterocycles. The zero-order valence-electron chi connectivity index (χ0n) is 6.79. The molecule has 1 unspecified atom stereocenters. The summed E-state index contributed by atoms with van der Waals surface area (Å²) in [7, 11) is 0. The van der Waals surface area contributed by atoms with Crippen LogP contribution in [0, 0.1) is 0 Å². The van der Waals surface area contributed by atoms with Gasteiger partial charge in [-0.25, -0.2) is 0 Å². The van der Waals surface area contributed by atoms with Gasteiger partial charge in [-0.2, -0.15) is 0 Å². The minimum Gasteiger partial charge on any atom is -0.259 e. The molecule has 0 saturated heterocycles. The Morgan fingerprint density at radius 1 is 1.64 bits per heavy atom. The lowest BCUT2D eigenvalue weighted by molar-refractivity contribution is -0.175. The summed E-state index contributed by atoms with van der Waals surface area (Å²) in [4.78, 5) is 5.48. The smallest absolute Gasteiger partial charge is 0.129 e. The molecule has 1 heterocycles. The summed E-state index contributed by atoms with van der Waals surface area (Å²) in [5.41, 5.74) is -0.369. The topological polar surface area (TPSA) is 12.5 Å². The average Bonchev–Trinajstić information content (AvgIpc) is 2.05. The van der Waals surface area contributed by atoms with Crippen molar-refractivity contribution >= 4 is 0 Å². The molecule has 2 heteroatoms. The second-order valence-corrected chi connectivity index (χ2v) is 2.66. The van der Waals surface area contributed by atoms with Gasteiger partial charge in [-0.05, 0) is 13.0 Å². The number of nitrogens with zero attached hydrogens (tertiary/aromatic N) is 1. The van der Waals surface area contributed by atoms with Gasteiger partial charge in [0.15, 0.2) is 0 Å². The third-order valence-corrected chi connectivity index (χ3v) is 1.66. The largest absolute Gasteiger partial charge is 0.259 e. The monoisotopic (exact) mass is 151 g/mol. The van der Waals surface area contributed by atoms with E-state index in [-0.39, 0.29) is 5.60 Å². The van der Waals surface area contributed by atoms with E-state index in [1.54, 1.807) is 17.3 Å². The quantitative estimate of drug-likeness (QED) is 0.559. The molecule has 11 heavy (non-hydrogen) atoms. The van der Waals surface area contributed by atoms with Crippen molar-refractivity contribution < 1.29 is 4.84 Å². The molecule has 60 valence electrons. The third kappa shape index (κ3) is 1.71. The van der Waals surface area contributed by atoms with Crippen molar-refractivity contribution in [3.8, 4) is 0 Å². The van der Waals surface area contributed by atoms with Crippen LogP contribution in [0.1, 0.15) is 6.92 Å². The van der Waals surface area contributed by atoms with Crippen LogP contribution < -0.4 is 0 Å². The molecule has 0 radical (unpaired) electrons. The van der Waals surface area contributed by atoms with Crippen LogP contribution in [-0.4, -0.2) is 17.2 Å². The summed E-state index contributed by atoms with van der Waals surface area (Å²) in [6.45, 7) is 10.0. The molecule has 0 fully saturated rings. The molecule has 1 aliphatic rings. The van der Waals surface area contributed by atoms with Crippen LogP contribution in [0.15, 0.2) is 37.6 Å². The highest BCUT2D eigenvalue weighted by atomic mass is 16.7. The van der Waals surface area contributed by atoms with Crippen LogP contribution in [0.25, 0.3) is 0 Å². The van der Waals surface area contributed by atoms with E-state index in [0.29, 0.717) is 0 Å². The fourth-order valence-corrected chi connectivity index (χ4v) is 0.928. The number of hydrogen-bond donors (Lipinski definition) is 0. The number of rotatable bonds is 2. The molecule has 1 aliphatic heterocycles. The van der Waals surface area contributed by atoms with Crippen molar-refractivity contribution in [2.45, 2.75) is 12.5 Å². The summed E-state index contributed by atoms with van der Waals surface area (Å²) in [5, 5.41) is 1.68. The Hall–Kier alpha value is -1.02. The molecule has 1 rings (SSSR count). The summed E-state index contributed by atoms with van der Waals surface area (Å²) < 4.78 is 0. The Morgan fingerprint density at radius 3 is 2.91 bits per heavy atom. The number of hydrogen-bond acceptors (Lipinski definition) is 2. The third-order valence-electron chi connectivity index (χ3n) is 1.66. The van der Waals surface area contributed by atoms with Crippen LogP contribution in [0.4, 0.5) is 0 Å². The molecular formula is C9H13NO. The van der Waals surface area contributed by atoms with Crippen molar-refractivity contribution in [2.24, 2.45) is 0 Å². The maximum atomic E-state index is 5.48. The second-order valence-electron chi connectivity index (χ2n) is 2.66. The second kappa shape index (κ2) is 2.93. The lowest BCUT2D eigenvalue weighted by Crippen LogP contribution is -2.35. The zero-order valence-corrected chi connectivity index (χ0v) is 6.79. The molecule has 0 aromatic rings. The van der Waals surface area contributed by atoms with Gasteiger partial charge in [-0.15, -0.1) is 0 Å². The van der Waals surface area contributed by atoms with Crippen molar-refractivity contribution in [1.82, 2.24) is 5.06 Å². The SMILES string of the molecule is C=CN1CC=CC(C)(C=C)O1. The first-order chi connectivity index (χ1) is 5.20. The minimum atomic E-state index is -0.369. The molecule has 0 aromatic carbocycles. The van der Waals surface area contributed by atoms with Crippen molar-refractivity contribution in [2.75, 3.05) is 6.54 Å². The first-order valence-corrected chi connectivity index (χ1v) is 3.60. The zero-order chi connectivity index (χ0) is 8.32. The Kier molecular flexibility index (Phi) is 2.15. The number of hydroxylamine groups is 2. The van der Waals surface area contributed by atoms with Crippen LogP contribution in [0.3, 0.4) is 0 Å². The maximum absolute atomic E-state index is 5.48. The predicted octanol–water partition coefficient (Wildman–Crippen LogP) is 1.88. The fraction of sp³-hybridized carbons (Fsp3) is 0.333. The summed E-state index contributed by atoms with van der Waals surface area (Å²) in [6.07, 6.45) is 7.44. The molecule has 1 atom stereocenters. The molecule has 0 spiro atoms. The Morgan fingerprint density at radius 2 is 2.36 bits per heavy atom. The van der Waals surface area contributed by atoms with Gasteiger partial charge in [0, 0.05) is 6.20 Å². The van der Waals surface area contributed by atoms with E-state index in [1.807, 2.05) is 19.1 Å². The summed E-state index contributed by atoms with van der Waals surface area (Å²) in [5.74, 6) is 0. The van der Waals surface area contributed by atoms with E-state index < -0.39 is 0 Å². The Bertz CT molecular complexity index is 198. The molecule has 0 saturated carbocycles. The first-order valence-electron chi connectivity index (χ1n) is 3.60. The van der Waals surface area contributed by atoms with E-state index >= 15 is 0 Å². The normalized spacial score (nSPS) is 30.1. The summed E-state index contributed by atoms with van der Waals surface area (Å²) in [6, 6.07) is 0. The van der Waals surface area contributed by atoms with Gasteiger partial charge < -0.3 is 0 Å². The maximum Gasteiger partial charge on any atom is 0.129 e. The van der Waals surface area contributed by atoms with Crippen LogP contribution in [0.5, 0.6) is 0 Å². The van der Waals surface area contributed by atoms with Gasteiger partial charge in [-0.3, -0.25) is 9.90 Å². The first kappa shape index (κ1) is 8.08. The van der Waals surface area contributed by atoms with E-state index in [2.05, 4.69) is 13.2 Å². The van der Waals surface area contributed by atoms with Gasteiger partial charge in [0.2, 0.25) is 0 Å². The molecule has 0 amide bonds. The van der Waals surface area contributed by atoms with Crippen LogP contribution >= 0.6 is 0 Å². The lowest BCUT2D eigenvalue weighted by atomic mass is 10.1. The highest BCUT2D eigenvalue weighted by Crippen LogP contribution is 2.19. The van der Waals surface area contributed by atoms with Crippen molar-refractivity contribution in [1.29, 1.82) is 0 Å². The highest BCUT2D eigenvalue weighted by molar-refractivity contribution is 5.12. The van der Waals surface area contributed by atoms with Crippen molar-refractivity contribution in [3.05, 3.63) is 37.6 Å². The highest BCUT2D eigenvalue weighted by Gasteiger charge is 2.22. The fourth-order valence-electron chi connectivity index (χ4n) is 0.928.